The molecule has 5 heterocycles. The SMILES string of the molecule is c1ccc2c(c1)oc1c2ccc2c3cc4c(cc3oc21)c1cccnc1c1nccn41. The normalized spacial score (nSPS) is 12.5. The molecule has 0 aliphatic carbocycles. The zero-order chi connectivity index (χ0) is 20.1. The van der Waals surface area contributed by atoms with E-state index in [0.717, 1.165) is 71.3 Å². The van der Waals surface area contributed by atoms with E-state index >= 15 is 0 Å². The van der Waals surface area contributed by atoms with Crippen LogP contribution in [0.3, 0.4) is 0 Å². The van der Waals surface area contributed by atoms with Crippen molar-refractivity contribution in [3.05, 3.63) is 79.3 Å². The Morgan fingerprint density at radius 2 is 1.42 bits per heavy atom. The Morgan fingerprint density at radius 3 is 2.35 bits per heavy atom. The van der Waals surface area contributed by atoms with Gasteiger partial charge < -0.3 is 8.83 Å². The lowest BCUT2D eigenvalue weighted by atomic mass is 10.0. The number of aromatic nitrogens is 3. The van der Waals surface area contributed by atoms with Crippen LogP contribution in [0.2, 0.25) is 0 Å². The number of imidazole rings is 1. The molecule has 0 fully saturated rings. The number of pyridine rings is 2. The molecule has 0 atom stereocenters. The largest absolute Gasteiger partial charge is 0.452 e. The maximum absolute atomic E-state index is 6.41. The van der Waals surface area contributed by atoms with Gasteiger partial charge in [-0.25, -0.2) is 4.98 Å². The highest BCUT2D eigenvalue weighted by Gasteiger charge is 2.18. The van der Waals surface area contributed by atoms with E-state index in [9.17, 15) is 0 Å². The first-order chi connectivity index (χ1) is 15.4. The molecule has 8 rings (SSSR count). The van der Waals surface area contributed by atoms with Gasteiger partial charge in [0.2, 0.25) is 0 Å². The number of benzene rings is 3. The van der Waals surface area contributed by atoms with Gasteiger partial charge in [0.1, 0.15) is 16.7 Å². The first-order valence-corrected chi connectivity index (χ1v) is 10.2. The highest BCUT2D eigenvalue weighted by Crippen LogP contribution is 2.40. The van der Waals surface area contributed by atoms with Crippen molar-refractivity contribution < 1.29 is 8.83 Å². The van der Waals surface area contributed by atoms with Gasteiger partial charge in [-0.2, -0.15) is 0 Å². The molecule has 0 unspecified atom stereocenters. The van der Waals surface area contributed by atoms with Gasteiger partial charge in [0, 0.05) is 50.9 Å². The summed E-state index contributed by atoms with van der Waals surface area (Å²) in [5.74, 6) is 0. The van der Waals surface area contributed by atoms with E-state index in [-0.39, 0.29) is 0 Å². The molecule has 0 saturated carbocycles. The van der Waals surface area contributed by atoms with Crippen LogP contribution in [0.1, 0.15) is 0 Å². The average Bonchev–Trinajstić information content (AvgIpc) is 3.53. The van der Waals surface area contributed by atoms with Crippen LogP contribution in [0.15, 0.2) is 88.1 Å². The topological polar surface area (TPSA) is 56.5 Å². The minimum atomic E-state index is 0.781. The lowest BCUT2D eigenvalue weighted by Gasteiger charge is -2.07. The molecule has 144 valence electrons. The summed E-state index contributed by atoms with van der Waals surface area (Å²) in [5, 5.41) is 6.42. The number of rotatable bonds is 0. The smallest absolute Gasteiger partial charge is 0.178 e. The molecular weight excluding hydrogens is 386 g/mol. The Morgan fingerprint density at radius 1 is 0.613 bits per heavy atom. The number of para-hydroxylation sites is 1. The summed E-state index contributed by atoms with van der Waals surface area (Å²) in [6.45, 7) is 0. The Balaban J connectivity index is 1.61. The fourth-order valence-corrected chi connectivity index (χ4v) is 4.94. The number of hydrogen-bond donors (Lipinski definition) is 0. The monoisotopic (exact) mass is 399 g/mol. The minimum absolute atomic E-state index is 0.781. The molecule has 5 nitrogen and oxygen atoms in total. The zero-order valence-electron chi connectivity index (χ0n) is 16.2. The Kier molecular flexibility index (Phi) is 2.60. The summed E-state index contributed by atoms with van der Waals surface area (Å²) < 4.78 is 14.7. The van der Waals surface area contributed by atoms with Crippen molar-refractivity contribution >= 4 is 71.3 Å². The number of hydrogen-bond acceptors (Lipinski definition) is 4. The van der Waals surface area contributed by atoms with Crippen LogP contribution >= 0.6 is 0 Å². The molecule has 0 bridgehead atoms. The van der Waals surface area contributed by atoms with Gasteiger partial charge in [-0.05, 0) is 36.4 Å². The van der Waals surface area contributed by atoms with Crippen molar-refractivity contribution in [2.45, 2.75) is 0 Å². The number of furan rings is 2. The highest BCUT2D eigenvalue weighted by molar-refractivity contribution is 6.22. The molecule has 0 N–H and O–H groups in total. The van der Waals surface area contributed by atoms with Gasteiger partial charge in [0.25, 0.3) is 0 Å². The Labute approximate surface area is 174 Å². The first kappa shape index (κ1) is 15.5. The van der Waals surface area contributed by atoms with E-state index in [4.69, 9.17) is 8.83 Å². The predicted molar refractivity (Wildman–Crippen MR) is 123 cm³/mol. The van der Waals surface area contributed by atoms with E-state index in [1.165, 1.54) is 0 Å². The summed E-state index contributed by atoms with van der Waals surface area (Å²) >= 11 is 0. The van der Waals surface area contributed by atoms with E-state index < -0.39 is 0 Å². The number of fused-ring (bicyclic) bond motifs is 13. The summed E-state index contributed by atoms with van der Waals surface area (Å²) in [6, 6.07) is 20.7. The highest BCUT2D eigenvalue weighted by atomic mass is 16.4. The van der Waals surface area contributed by atoms with Crippen molar-refractivity contribution in [2.75, 3.05) is 0 Å². The third-order valence-corrected chi connectivity index (χ3v) is 6.31. The van der Waals surface area contributed by atoms with Crippen molar-refractivity contribution in [1.29, 1.82) is 0 Å². The van der Waals surface area contributed by atoms with Crippen LogP contribution in [0.25, 0.3) is 71.3 Å². The van der Waals surface area contributed by atoms with Gasteiger partial charge in [-0.1, -0.05) is 24.3 Å². The van der Waals surface area contributed by atoms with Gasteiger partial charge in [-0.3, -0.25) is 9.38 Å². The van der Waals surface area contributed by atoms with Crippen LogP contribution in [0.4, 0.5) is 0 Å². The second-order valence-electron chi connectivity index (χ2n) is 7.91. The molecular formula is C26H13N3O2. The van der Waals surface area contributed by atoms with Crippen LogP contribution in [0, 0.1) is 0 Å². The van der Waals surface area contributed by atoms with Crippen molar-refractivity contribution in [3.8, 4) is 0 Å². The maximum Gasteiger partial charge on any atom is 0.178 e. The van der Waals surface area contributed by atoms with Gasteiger partial charge in [0.15, 0.2) is 16.8 Å². The predicted octanol–water partition coefficient (Wildman–Crippen LogP) is 6.83. The van der Waals surface area contributed by atoms with Crippen LogP contribution in [0.5, 0.6) is 0 Å². The molecule has 0 aliphatic heterocycles. The van der Waals surface area contributed by atoms with E-state index in [0.29, 0.717) is 0 Å². The summed E-state index contributed by atoms with van der Waals surface area (Å²) in [7, 11) is 0. The van der Waals surface area contributed by atoms with Crippen LogP contribution < -0.4 is 0 Å². The van der Waals surface area contributed by atoms with E-state index in [1.54, 1.807) is 6.20 Å². The van der Waals surface area contributed by atoms with Crippen LogP contribution in [-0.4, -0.2) is 14.4 Å². The van der Waals surface area contributed by atoms with Crippen molar-refractivity contribution in [3.63, 3.8) is 0 Å². The van der Waals surface area contributed by atoms with E-state index in [1.807, 2.05) is 36.7 Å². The zero-order valence-corrected chi connectivity index (χ0v) is 16.2. The van der Waals surface area contributed by atoms with Crippen molar-refractivity contribution in [1.82, 2.24) is 14.4 Å². The maximum atomic E-state index is 6.41. The first-order valence-electron chi connectivity index (χ1n) is 10.2. The second kappa shape index (κ2) is 5.21. The quantitative estimate of drug-likeness (QED) is 0.262. The standard InChI is InChI=1S/C26H13N3O2/c1-2-6-21-14(4-1)16-7-8-17-19-12-20-18(13-22(19)31-25(17)24(16)30-21)15-5-3-9-27-23(15)26-28-10-11-29(20)26/h1-13H. The van der Waals surface area contributed by atoms with Gasteiger partial charge >= 0.3 is 0 Å². The summed E-state index contributed by atoms with van der Waals surface area (Å²) in [4.78, 5) is 9.15. The molecule has 0 radical (unpaired) electrons. The molecule has 3 aromatic carbocycles. The van der Waals surface area contributed by atoms with E-state index in [2.05, 4.69) is 50.8 Å². The fraction of sp³-hybridized carbons (Fsp3) is 0. The lowest BCUT2D eigenvalue weighted by Crippen LogP contribution is -1.92. The summed E-state index contributed by atoms with van der Waals surface area (Å²) in [6.07, 6.45) is 5.61. The molecule has 0 aliphatic rings. The molecule has 5 aromatic heterocycles. The second-order valence-corrected chi connectivity index (χ2v) is 7.91. The average molecular weight is 399 g/mol. The molecule has 0 amide bonds. The van der Waals surface area contributed by atoms with Crippen LogP contribution in [-0.2, 0) is 0 Å². The van der Waals surface area contributed by atoms with Gasteiger partial charge in [0.05, 0.1) is 5.52 Å². The Hall–Kier alpha value is -4.38. The third-order valence-electron chi connectivity index (χ3n) is 6.31. The summed E-state index contributed by atoms with van der Waals surface area (Å²) in [5.41, 5.74) is 6.09. The third kappa shape index (κ3) is 1.82. The fourth-order valence-electron chi connectivity index (χ4n) is 4.94. The van der Waals surface area contributed by atoms with Crippen molar-refractivity contribution in [2.24, 2.45) is 0 Å². The molecule has 5 heteroatoms. The molecule has 31 heavy (non-hydrogen) atoms. The lowest BCUT2D eigenvalue weighted by molar-refractivity contribution is 0.633. The molecule has 0 spiro atoms. The Bertz CT molecular complexity index is 2010. The minimum Gasteiger partial charge on any atom is -0.452 e. The van der Waals surface area contributed by atoms with Gasteiger partial charge in [-0.15, -0.1) is 0 Å². The molecule has 8 aromatic rings. The molecule has 0 saturated heterocycles. The number of nitrogens with zero attached hydrogens (tertiary/aromatic N) is 3.